The van der Waals surface area contributed by atoms with Gasteiger partial charge in [0.25, 0.3) is 0 Å². The number of benzene rings is 2. The highest BCUT2D eigenvalue weighted by Gasteiger charge is 1.96. The van der Waals surface area contributed by atoms with Crippen molar-refractivity contribution in [2.75, 3.05) is 0 Å². The molecule has 0 radical (unpaired) electrons. The molecule has 3 nitrogen and oxygen atoms in total. The monoisotopic (exact) mass is 260 g/mol. The highest BCUT2D eigenvalue weighted by atomic mass is 19.1. The Morgan fingerprint density at radius 1 is 1.05 bits per heavy atom. The van der Waals surface area contributed by atoms with Crippen molar-refractivity contribution in [3.05, 3.63) is 71.5 Å². The van der Waals surface area contributed by atoms with Crippen LogP contribution in [0.3, 0.4) is 0 Å². The van der Waals surface area contributed by atoms with E-state index in [4.69, 9.17) is 5.11 Å². The Balaban J connectivity index is 0.000000191. The molecule has 0 aliphatic carbocycles. The Morgan fingerprint density at radius 2 is 1.63 bits per heavy atom. The van der Waals surface area contributed by atoms with E-state index in [-0.39, 0.29) is 12.0 Å². The first-order valence-electron chi connectivity index (χ1n) is 5.59. The first-order valence-corrected chi connectivity index (χ1v) is 5.59. The first-order chi connectivity index (χ1) is 9.13. The molecule has 2 aromatic rings. The molecular weight excluding hydrogens is 247 g/mol. The van der Waals surface area contributed by atoms with Crippen LogP contribution in [0.4, 0.5) is 4.39 Å². The van der Waals surface area contributed by atoms with Gasteiger partial charge in [-0.25, -0.2) is 4.39 Å². The molecule has 0 amide bonds. The summed E-state index contributed by atoms with van der Waals surface area (Å²) in [4.78, 5) is 20.2. The van der Waals surface area contributed by atoms with Crippen LogP contribution in [0.15, 0.2) is 54.6 Å². The number of hydrogen-bond donors (Lipinski definition) is 1. The fourth-order valence-corrected chi connectivity index (χ4v) is 1.34. The molecule has 0 atom stereocenters. The molecule has 0 fully saturated rings. The maximum absolute atomic E-state index is 12.4. The van der Waals surface area contributed by atoms with Crippen molar-refractivity contribution in [2.24, 2.45) is 0 Å². The van der Waals surface area contributed by atoms with Gasteiger partial charge < -0.3 is 5.11 Å². The van der Waals surface area contributed by atoms with Gasteiger partial charge in [-0.05, 0) is 17.7 Å². The van der Waals surface area contributed by atoms with Crippen LogP contribution >= 0.6 is 0 Å². The second-order valence-corrected chi connectivity index (χ2v) is 3.70. The molecule has 4 heteroatoms. The Labute approximate surface area is 110 Å². The van der Waals surface area contributed by atoms with Crippen LogP contribution in [0.2, 0.25) is 0 Å². The lowest BCUT2D eigenvalue weighted by Crippen LogP contribution is -1.98. The third-order valence-corrected chi connectivity index (χ3v) is 2.23. The van der Waals surface area contributed by atoms with E-state index in [0.29, 0.717) is 6.29 Å². The third kappa shape index (κ3) is 5.59. The molecule has 0 bridgehead atoms. The molecule has 0 aliphatic rings. The molecule has 0 saturated heterocycles. The van der Waals surface area contributed by atoms with Gasteiger partial charge in [0.2, 0.25) is 0 Å². The number of carboxylic acids is 1. The predicted molar refractivity (Wildman–Crippen MR) is 69.6 cm³/mol. The summed E-state index contributed by atoms with van der Waals surface area (Å²) < 4.78 is 12.4. The van der Waals surface area contributed by atoms with Gasteiger partial charge in [-0.15, -0.1) is 0 Å². The lowest BCUT2D eigenvalue weighted by Gasteiger charge is -1.92. The van der Waals surface area contributed by atoms with Gasteiger partial charge in [0, 0.05) is 0 Å². The number of carbonyl (C=O) groups excluding carboxylic acids is 1. The van der Waals surface area contributed by atoms with Gasteiger partial charge in [-0.2, -0.15) is 0 Å². The van der Waals surface area contributed by atoms with Crippen LogP contribution in [-0.2, 0) is 11.2 Å². The molecule has 1 N–H and O–H groups in total. The van der Waals surface area contributed by atoms with Gasteiger partial charge in [-0.3, -0.25) is 9.59 Å². The largest absolute Gasteiger partial charge is 0.481 e. The summed E-state index contributed by atoms with van der Waals surface area (Å²) in [7, 11) is 0. The number of rotatable bonds is 3. The minimum absolute atomic E-state index is 0.109. The molecule has 0 aliphatic heterocycles. The SMILES string of the molecule is O=C(O)Cc1ccccc1.O=Cc1ccccc1F. The van der Waals surface area contributed by atoms with E-state index in [9.17, 15) is 14.0 Å². The second-order valence-electron chi connectivity index (χ2n) is 3.70. The average molecular weight is 260 g/mol. The Kier molecular flexibility index (Phi) is 5.95. The van der Waals surface area contributed by atoms with Gasteiger partial charge in [0.15, 0.2) is 6.29 Å². The number of aldehydes is 1. The van der Waals surface area contributed by atoms with Crippen LogP contribution in [0.1, 0.15) is 15.9 Å². The van der Waals surface area contributed by atoms with Crippen molar-refractivity contribution >= 4 is 12.3 Å². The molecule has 2 aromatic carbocycles. The summed E-state index contributed by atoms with van der Waals surface area (Å²) in [6, 6.07) is 15.0. The fraction of sp³-hybridized carbons (Fsp3) is 0.0667. The quantitative estimate of drug-likeness (QED) is 0.863. The fourth-order valence-electron chi connectivity index (χ4n) is 1.34. The Hall–Kier alpha value is -2.49. The van der Waals surface area contributed by atoms with Crippen LogP contribution in [0, 0.1) is 5.82 Å². The zero-order valence-electron chi connectivity index (χ0n) is 10.1. The van der Waals surface area contributed by atoms with Crippen molar-refractivity contribution in [2.45, 2.75) is 6.42 Å². The first kappa shape index (κ1) is 14.6. The molecule has 19 heavy (non-hydrogen) atoms. The number of hydrogen-bond acceptors (Lipinski definition) is 2. The summed E-state index contributed by atoms with van der Waals surface area (Å²) in [5.74, 6) is -1.25. The van der Waals surface area contributed by atoms with E-state index < -0.39 is 11.8 Å². The van der Waals surface area contributed by atoms with E-state index in [1.807, 2.05) is 18.2 Å². The van der Waals surface area contributed by atoms with Crippen LogP contribution in [0.25, 0.3) is 0 Å². The lowest BCUT2D eigenvalue weighted by molar-refractivity contribution is -0.136. The minimum atomic E-state index is -0.786. The van der Waals surface area contributed by atoms with Crippen molar-refractivity contribution < 1.29 is 19.1 Å². The van der Waals surface area contributed by atoms with E-state index >= 15 is 0 Å². The molecule has 0 unspecified atom stereocenters. The van der Waals surface area contributed by atoms with Gasteiger partial charge in [0.05, 0.1) is 12.0 Å². The Bertz CT molecular complexity index is 538. The number of carboxylic acid groups (broad SMARTS) is 1. The summed E-state index contributed by atoms with van der Waals surface area (Å²) in [6.45, 7) is 0. The van der Waals surface area contributed by atoms with Crippen molar-refractivity contribution in [1.29, 1.82) is 0 Å². The molecule has 0 spiro atoms. The molecule has 98 valence electrons. The zero-order chi connectivity index (χ0) is 14.1. The third-order valence-electron chi connectivity index (χ3n) is 2.23. The van der Waals surface area contributed by atoms with Crippen molar-refractivity contribution in [3.8, 4) is 0 Å². The van der Waals surface area contributed by atoms with Crippen molar-refractivity contribution in [3.63, 3.8) is 0 Å². The molecule has 2 rings (SSSR count). The normalized spacial score (nSPS) is 9.11. The maximum Gasteiger partial charge on any atom is 0.307 e. The van der Waals surface area contributed by atoms with Crippen LogP contribution in [-0.4, -0.2) is 17.4 Å². The summed E-state index contributed by atoms with van der Waals surface area (Å²) in [5.41, 5.74) is 0.951. The van der Waals surface area contributed by atoms with E-state index in [0.717, 1.165) is 5.56 Å². The van der Waals surface area contributed by atoms with E-state index in [2.05, 4.69) is 0 Å². The van der Waals surface area contributed by atoms with Gasteiger partial charge in [0.1, 0.15) is 5.82 Å². The van der Waals surface area contributed by atoms with E-state index in [1.54, 1.807) is 24.3 Å². The lowest BCUT2D eigenvalue weighted by atomic mass is 10.2. The standard InChI is InChI=1S/C8H8O2.C7H5FO/c9-8(10)6-7-4-2-1-3-5-7;8-7-4-2-1-3-6(7)5-9/h1-5H,6H2,(H,9,10);1-5H. The number of aliphatic carboxylic acids is 1. The molecule has 0 heterocycles. The summed E-state index contributed by atoms with van der Waals surface area (Å²) in [5, 5.41) is 8.37. The minimum Gasteiger partial charge on any atom is -0.481 e. The van der Waals surface area contributed by atoms with E-state index in [1.165, 1.54) is 12.1 Å². The number of carbonyl (C=O) groups is 2. The van der Waals surface area contributed by atoms with Gasteiger partial charge in [-0.1, -0.05) is 42.5 Å². The summed E-state index contributed by atoms with van der Waals surface area (Å²) >= 11 is 0. The smallest absolute Gasteiger partial charge is 0.307 e. The van der Waals surface area contributed by atoms with Gasteiger partial charge >= 0.3 is 5.97 Å². The average Bonchev–Trinajstić information content (AvgIpc) is 2.40. The number of halogens is 1. The molecular formula is C15H13FO3. The van der Waals surface area contributed by atoms with Crippen LogP contribution < -0.4 is 0 Å². The Morgan fingerprint density at radius 3 is 2.11 bits per heavy atom. The molecule has 0 saturated carbocycles. The topological polar surface area (TPSA) is 54.4 Å². The molecule has 0 aromatic heterocycles. The maximum atomic E-state index is 12.4. The van der Waals surface area contributed by atoms with Crippen molar-refractivity contribution in [1.82, 2.24) is 0 Å². The van der Waals surface area contributed by atoms with Crippen LogP contribution in [0.5, 0.6) is 0 Å². The highest BCUT2D eigenvalue weighted by Crippen LogP contribution is 2.01. The predicted octanol–water partition coefficient (Wildman–Crippen LogP) is 2.95. The second kappa shape index (κ2) is 7.76. The highest BCUT2D eigenvalue weighted by molar-refractivity contribution is 5.74. The summed E-state index contributed by atoms with van der Waals surface area (Å²) in [6.07, 6.45) is 0.607. The zero-order valence-corrected chi connectivity index (χ0v) is 10.1.